The molecule has 2 rings (SSSR count). The molecule has 104 valence electrons. The Balaban J connectivity index is 2.33. The first-order chi connectivity index (χ1) is 9.52. The molecule has 0 saturated carbocycles. The van der Waals surface area contributed by atoms with Crippen LogP contribution < -0.4 is 10.6 Å². The van der Waals surface area contributed by atoms with Crippen LogP contribution in [0.1, 0.15) is 15.9 Å². The Morgan fingerprint density at radius 1 is 1.30 bits per heavy atom. The third-order valence-corrected chi connectivity index (χ3v) is 4.14. The van der Waals surface area contributed by atoms with E-state index in [-0.39, 0.29) is 5.91 Å². The fraction of sp³-hybridized carbons (Fsp3) is 0.143. The minimum atomic E-state index is -0.204. The molecule has 0 aliphatic heterocycles. The topological polar surface area (TPSA) is 54.0 Å². The van der Waals surface area contributed by atoms with Gasteiger partial charge in [-0.15, -0.1) is 0 Å². The zero-order chi connectivity index (χ0) is 14.7. The van der Waals surface area contributed by atoms with Gasteiger partial charge in [-0.3, -0.25) is 4.79 Å². The van der Waals surface area contributed by atoms with E-state index in [2.05, 4.69) is 47.5 Å². The predicted molar refractivity (Wildman–Crippen MR) is 88.3 cm³/mol. The number of hydrogen-bond donors (Lipinski definition) is 2. The summed E-state index contributed by atoms with van der Waals surface area (Å²) in [4.78, 5) is 16.6. The van der Waals surface area contributed by atoms with Crippen molar-refractivity contribution in [2.24, 2.45) is 0 Å². The Labute approximate surface area is 134 Å². The Bertz CT molecular complexity index is 659. The number of pyridine rings is 1. The average Bonchev–Trinajstić information content (AvgIpc) is 2.43. The van der Waals surface area contributed by atoms with Crippen molar-refractivity contribution in [3.05, 3.63) is 50.5 Å². The molecule has 2 aromatic rings. The molecule has 2 N–H and O–H groups in total. The highest BCUT2D eigenvalue weighted by Gasteiger charge is 2.14. The number of nitrogens with one attached hydrogen (secondary N) is 2. The highest BCUT2D eigenvalue weighted by molar-refractivity contribution is 9.10. The van der Waals surface area contributed by atoms with Gasteiger partial charge in [0.25, 0.3) is 5.91 Å². The predicted octanol–water partition coefficient (Wildman–Crippen LogP) is 4.21. The summed E-state index contributed by atoms with van der Waals surface area (Å²) in [5, 5.41) is 5.81. The molecular weight excluding hydrogens is 386 g/mol. The summed E-state index contributed by atoms with van der Waals surface area (Å²) in [5.41, 5.74) is 2.24. The fourth-order valence-corrected chi connectivity index (χ4v) is 2.44. The Morgan fingerprint density at radius 3 is 2.75 bits per heavy atom. The zero-order valence-corrected chi connectivity index (χ0v) is 14.2. The van der Waals surface area contributed by atoms with Crippen LogP contribution >= 0.6 is 31.9 Å². The van der Waals surface area contributed by atoms with Crippen LogP contribution in [-0.4, -0.2) is 17.9 Å². The van der Waals surface area contributed by atoms with Crippen molar-refractivity contribution >= 4 is 49.3 Å². The van der Waals surface area contributed by atoms with Crippen LogP contribution in [0.3, 0.4) is 0 Å². The van der Waals surface area contributed by atoms with Crippen molar-refractivity contribution in [2.45, 2.75) is 6.92 Å². The number of amides is 1. The van der Waals surface area contributed by atoms with E-state index >= 15 is 0 Å². The molecule has 1 heterocycles. The van der Waals surface area contributed by atoms with E-state index < -0.39 is 0 Å². The lowest BCUT2D eigenvalue weighted by atomic mass is 10.2. The van der Waals surface area contributed by atoms with E-state index in [4.69, 9.17) is 0 Å². The third kappa shape index (κ3) is 3.19. The van der Waals surface area contributed by atoms with Gasteiger partial charge in [0, 0.05) is 27.9 Å². The van der Waals surface area contributed by atoms with Gasteiger partial charge in [0.2, 0.25) is 0 Å². The zero-order valence-electron chi connectivity index (χ0n) is 11.0. The first kappa shape index (κ1) is 15.0. The summed E-state index contributed by atoms with van der Waals surface area (Å²) in [6, 6.07) is 7.42. The smallest absolute Gasteiger partial charge is 0.259 e. The Morgan fingerprint density at radius 2 is 2.05 bits per heavy atom. The van der Waals surface area contributed by atoms with Gasteiger partial charge < -0.3 is 10.6 Å². The molecule has 4 nitrogen and oxygen atoms in total. The number of hydrogen-bond acceptors (Lipinski definition) is 3. The van der Waals surface area contributed by atoms with Crippen molar-refractivity contribution in [1.29, 1.82) is 0 Å². The lowest BCUT2D eigenvalue weighted by Gasteiger charge is -2.12. The SMILES string of the molecule is CNc1ncc(Br)cc1C(=O)Nc1cccc(Br)c1C. The third-order valence-electron chi connectivity index (χ3n) is 2.85. The van der Waals surface area contributed by atoms with Gasteiger partial charge in [0.05, 0.1) is 5.56 Å². The van der Waals surface area contributed by atoms with E-state index in [1.807, 2.05) is 25.1 Å². The molecule has 1 amide bonds. The van der Waals surface area contributed by atoms with Gasteiger partial charge in [-0.05, 0) is 46.6 Å². The summed E-state index contributed by atoms with van der Waals surface area (Å²) in [5.74, 6) is 0.336. The van der Waals surface area contributed by atoms with Gasteiger partial charge >= 0.3 is 0 Å². The Kier molecular flexibility index (Phi) is 4.77. The van der Waals surface area contributed by atoms with Crippen LogP contribution in [-0.2, 0) is 0 Å². The molecule has 0 unspecified atom stereocenters. The fourth-order valence-electron chi connectivity index (χ4n) is 1.74. The number of benzene rings is 1. The highest BCUT2D eigenvalue weighted by atomic mass is 79.9. The largest absolute Gasteiger partial charge is 0.372 e. The van der Waals surface area contributed by atoms with Crippen molar-refractivity contribution < 1.29 is 4.79 Å². The van der Waals surface area contributed by atoms with Gasteiger partial charge in [0.1, 0.15) is 5.82 Å². The summed E-state index contributed by atoms with van der Waals surface area (Å²) in [7, 11) is 1.73. The van der Waals surface area contributed by atoms with Crippen LogP contribution in [0.15, 0.2) is 39.4 Å². The first-order valence-corrected chi connectivity index (χ1v) is 7.51. The maximum absolute atomic E-state index is 12.4. The van der Waals surface area contributed by atoms with Crippen LogP contribution in [0, 0.1) is 6.92 Å². The Hall–Kier alpha value is -1.40. The molecule has 0 saturated heterocycles. The van der Waals surface area contributed by atoms with Crippen LogP contribution in [0.5, 0.6) is 0 Å². The van der Waals surface area contributed by atoms with Crippen molar-refractivity contribution in [1.82, 2.24) is 4.98 Å². The minimum Gasteiger partial charge on any atom is -0.372 e. The maximum Gasteiger partial charge on any atom is 0.259 e. The van der Waals surface area contributed by atoms with Crippen LogP contribution in [0.2, 0.25) is 0 Å². The maximum atomic E-state index is 12.4. The molecule has 6 heteroatoms. The second-order valence-electron chi connectivity index (χ2n) is 4.17. The summed E-state index contributed by atoms with van der Waals surface area (Å²) >= 11 is 6.78. The number of anilines is 2. The molecule has 1 aromatic carbocycles. The molecule has 0 atom stereocenters. The summed E-state index contributed by atoms with van der Waals surface area (Å²) < 4.78 is 1.71. The van der Waals surface area contributed by atoms with Crippen molar-refractivity contribution in [3.8, 4) is 0 Å². The van der Waals surface area contributed by atoms with Gasteiger partial charge in [-0.2, -0.15) is 0 Å². The molecule has 0 spiro atoms. The average molecular weight is 399 g/mol. The molecule has 0 bridgehead atoms. The molecule has 1 aromatic heterocycles. The highest BCUT2D eigenvalue weighted by Crippen LogP contribution is 2.25. The number of nitrogens with zero attached hydrogens (tertiary/aromatic N) is 1. The summed E-state index contributed by atoms with van der Waals surface area (Å²) in [6.07, 6.45) is 1.65. The number of rotatable bonds is 3. The van der Waals surface area contributed by atoms with Crippen molar-refractivity contribution in [3.63, 3.8) is 0 Å². The van der Waals surface area contributed by atoms with Crippen LogP contribution in [0.25, 0.3) is 0 Å². The van der Waals surface area contributed by atoms with Crippen molar-refractivity contribution in [2.75, 3.05) is 17.7 Å². The minimum absolute atomic E-state index is 0.204. The molecule has 0 aliphatic carbocycles. The van der Waals surface area contributed by atoms with Gasteiger partial charge in [0.15, 0.2) is 0 Å². The van der Waals surface area contributed by atoms with E-state index in [0.717, 1.165) is 20.2 Å². The second kappa shape index (κ2) is 6.37. The number of carbonyl (C=O) groups is 1. The number of aromatic nitrogens is 1. The first-order valence-electron chi connectivity index (χ1n) is 5.92. The molecule has 20 heavy (non-hydrogen) atoms. The van der Waals surface area contributed by atoms with E-state index in [1.165, 1.54) is 0 Å². The lowest BCUT2D eigenvalue weighted by Crippen LogP contribution is -2.15. The lowest BCUT2D eigenvalue weighted by molar-refractivity contribution is 0.102. The summed E-state index contributed by atoms with van der Waals surface area (Å²) in [6.45, 7) is 1.94. The molecular formula is C14H13Br2N3O. The quantitative estimate of drug-likeness (QED) is 0.814. The van der Waals surface area contributed by atoms with E-state index in [0.29, 0.717) is 11.4 Å². The normalized spacial score (nSPS) is 10.2. The molecule has 0 aliphatic rings. The van der Waals surface area contributed by atoms with Crippen LogP contribution in [0.4, 0.5) is 11.5 Å². The van der Waals surface area contributed by atoms with Gasteiger partial charge in [-0.25, -0.2) is 4.98 Å². The second-order valence-corrected chi connectivity index (χ2v) is 5.94. The number of halogens is 2. The molecule has 0 radical (unpaired) electrons. The van der Waals surface area contributed by atoms with E-state index in [1.54, 1.807) is 19.3 Å². The van der Waals surface area contributed by atoms with Gasteiger partial charge in [-0.1, -0.05) is 22.0 Å². The standard InChI is InChI=1S/C14H13Br2N3O/c1-8-11(16)4-3-5-12(8)19-14(20)10-6-9(15)7-18-13(10)17-2/h3-7H,1-2H3,(H,17,18)(H,19,20). The van der Waals surface area contributed by atoms with E-state index in [9.17, 15) is 4.79 Å². The molecule has 0 fully saturated rings. The number of carbonyl (C=O) groups excluding carboxylic acids is 1. The monoisotopic (exact) mass is 397 g/mol.